The Balaban J connectivity index is 1.80. The lowest BCUT2D eigenvalue weighted by Gasteiger charge is -2.09. The third-order valence-corrected chi connectivity index (χ3v) is 3.50. The number of hydrogen-bond acceptors (Lipinski definition) is 5. The van der Waals surface area contributed by atoms with Crippen LogP contribution in [-0.4, -0.2) is 23.3 Å². The molecule has 0 saturated heterocycles. The molecule has 1 aromatic heterocycles. The van der Waals surface area contributed by atoms with Gasteiger partial charge in [-0.1, -0.05) is 12.1 Å². The molecule has 22 heavy (non-hydrogen) atoms. The van der Waals surface area contributed by atoms with Crippen LogP contribution >= 0.6 is 0 Å². The Morgan fingerprint density at radius 3 is 2.82 bits per heavy atom. The highest BCUT2D eigenvalue weighted by Gasteiger charge is 2.23. The third kappa shape index (κ3) is 2.70. The maximum Gasteiger partial charge on any atom is 0.339 e. The number of nitrogens with zero attached hydrogens (tertiary/aromatic N) is 1. The van der Waals surface area contributed by atoms with Gasteiger partial charge in [0, 0.05) is 29.8 Å². The molecule has 0 unspecified atom stereocenters. The minimum absolute atomic E-state index is 0.145. The molecule has 112 valence electrons. The van der Waals surface area contributed by atoms with Crippen molar-refractivity contribution in [2.24, 2.45) is 0 Å². The Morgan fingerprint density at radius 1 is 1.23 bits per heavy atom. The van der Waals surface area contributed by atoms with E-state index < -0.39 is 5.97 Å². The van der Waals surface area contributed by atoms with E-state index >= 15 is 0 Å². The Morgan fingerprint density at radius 2 is 2.09 bits per heavy atom. The summed E-state index contributed by atoms with van der Waals surface area (Å²) in [6, 6.07) is 8.65. The summed E-state index contributed by atoms with van der Waals surface area (Å²) in [6.07, 6.45) is 2.62. The van der Waals surface area contributed by atoms with Crippen LogP contribution in [0, 0.1) is 0 Å². The molecule has 2 aromatic rings. The van der Waals surface area contributed by atoms with E-state index in [1.54, 1.807) is 25.1 Å². The van der Waals surface area contributed by atoms with Gasteiger partial charge >= 0.3 is 5.97 Å². The van der Waals surface area contributed by atoms with Gasteiger partial charge in [0.15, 0.2) is 5.78 Å². The largest absolute Gasteiger partial charge is 0.462 e. The van der Waals surface area contributed by atoms with Crippen molar-refractivity contribution in [1.82, 2.24) is 4.98 Å². The summed E-state index contributed by atoms with van der Waals surface area (Å²) in [5.74, 6) is 0.749. The molecule has 0 bridgehead atoms. The summed E-state index contributed by atoms with van der Waals surface area (Å²) in [5, 5.41) is 0. The van der Waals surface area contributed by atoms with E-state index in [0.717, 1.165) is 11.1 Å². The summed E-state index contributed by atoms with van der Waals surface area (Å²) in [5.41, 5.74) is 2.02. The highest BCUT2D eigenvalue weighted by molar-refractivity contribution is 6.01. The second-order valence-electron chi connectivity index (χ2n) is 4.91. The standard InChI is InChI=1S/C17H15NO4/c1-2-21-17(20)11-6-9-16(18-10-11)22-15-5-3-4-12-13(15)7-8-14(12)19/h3-6,9-10H,2,7-8H2,1H3. The molecule has 3 rings (SSSR count). The first-order valence-electron chi connectivity index (χ1n) is 7.15. The molecule has 0 saturated carbocycles. The van der Waals surface area contributed by atoms with Crippen LogP contribution in [0.3, 0.4) is 0 Å². The SMILES string of the molecule is CCOC(=O)c1ccc(Oc2cccc3c2CCC3=O)nc1. The number of aromatic nitrogens is 1. The first kappa shape index (κ1) is 14.3. The van der Waals surface area contributed by atoms with E-state index in [1.807, 2.05) is 12.1 Å². The molecule has 0 atom stereocenters. The second kappa shape index (κ2) is 5.97. The summed E-state index contributed by atoms with van der Waals surface area (Å²) in [4.78, 5) is 27.4. The maximum atomic E-state index is 11.7. The molecule has 0 amide bonds. The molecule has 1 aromatic carbocycles. The van der Waals surface area contributed by atoms with Crippen LogP contribution < -0.4 is 4.74 Å². The third-order valence-electron chi connectivity index (χ3n) is 3.50. The van der Waals surface area contributed by atoms with Crippen LogP contribution in [0.5, 0.6) is 11.6 Å². The van der Waals surface area contributed by atoms with Gasteiger partial charge < -0.3 is 9.47 Å². The number of esters is 1. The fourth-order valence-corrected chi connectivity index (χ4v) is 2.44. The summed E-state index contributed by atoms with van der Waals surface area (Å²) >= 11 is 0. The minimum Gasteiger partial charge on any atom is -0.462 e. The van der Waals surface area contributed by atoms with Crippen molar-refractivity contribution in [3.8, 4) is 11.6 Å². The lowest BCUT2D eigenvalue weighted by Crippen LogP contribution is -2.05. The zero-order valence-corrected chi connectivity index (χ0v) is 12.2. The van der Waals surface area contributed by atoms with Gasteiger partial charge in [0.05, 0.1) is 12.2 Å². The Kier molecular flexibility index (Phi) is 3.87. The van der Waals surface area contributed by atoms with Gasteiger partial charge in [-0.15, -0.1) is 0 Å². The molecule has 0 radical (unpaired) electrons. The number of carbonyl (C=O) groups excluding carboxylic acids is 2. The lowest BCUT2D eigenvalue weighted by atomic mass is 10.1. The highest BCUT2D eigenvalue weighted by Crippen LogP contribution is 2.32. The molecule has 0 aliphatic heterocycles. The Hall–Kier alpha value is -2.69. The predicted molar refractivity (Wildman–Crippen MR) is 79.4 cm³/mol. The van der Waals surface area contributed by atoms with Crippen molar-refractivity contribution in [3.05, 3.63) is 53.2 Å². The number of fused-ring (bicyclic) bond motifs is 1. The van der Waals surface area contributed by atoms with Gasteiger partial charge in [0.25, 0.3) is 0 Å². The van der Waals surface area contributed by atoms with Gasteiger partial charge in [-0.25, -0.2) is 9.78 Å². The smallest absolute Gasteiger partial charge is 0.339 e. The first-order chi connectivity index (χ1) is 10.7. The van der Waals surface area contributed by atoms with Crippen molar-refractivity contribution in [3.63, 3.8) is 0 Å². The van der Waals surface area contributed by atoms with Crippen LogP contribution in [0.4, 0.5) is 0 Å². The molecule has 1 aliphatic carbocycles. The number of carbonyl (C=O) groups is 2. The molecule has 5 heteroatoms. The fourth-order valence-electron chi connectivity index (χ4n) is 2.44. The Bertz CT molecular complexity index is 722. The van der Waals surface area contributed by atoms with Crippen molar-refractivity contribution in [2.45, 2.75) is 19.8 Å². The maximum absolute atomic E-state index is 11.7. The van der Waals surface area contributed by atoms with Gasteiger partial charge in [-0.05, 0) is 25.5 Å². The highest BCUT2D eigenvalue weighted by atomic mass is 16.5. The predicted octanol–water partition coefficient (Wildman–Crippen LogP) is 3.18. The van der Waals surface area contributed by atoms with E-state index in [4.69, 9.17) is 9.47 Å². The van der Waals surface area contributed by atoms with Crippen LogP contribution in [0.1, 0.15) is 39.6 Å². The van der Waals surface area contributed by atoms with Gasteiger partial charge in [-0.3, -0.25) is 4.79 Å². The summed E-state index contributed by atoms with van der Waals surface area (Å²) in [7, 11) is 0. The topological polar surface area (TPSA) is 65.5 Å². The number of benzene rings is 1. The second-order valence-corrected chi connectivity index (χ2v) is 4.91. The molecule has 0 spiro atoms. The van der Waals surface area contributed by atoms with E-state index in [0.29, 0.717) is 36.6 Å². The average Bonchev–Trinajstić information content (AvgIpc) is 2.91. The van der Waals surface area contributed by atoms with Crippen LogP contribution in [0.25, 0.3) is 0 Å². The summed E-state index contributed by atoms with van der Waals surface area (Å²) in [6.45, 7) is 2.07. The molecule has 1 heterocycles. The molecule has 0 N–H and O–H groups in total. The zero-order chi connectivity index (χ0) is 15.5. The van der Waals surface area contributed by atoms with Crippen LogP contribution in [0.2, 0.25) is 0 Å². The number of pyridine rings is 1. The van der Waals surface area contributed by atoms with E-state index in [-0.39, 0.29) is 5.78 Å². The lowest BCUT2D eigenvalue weighted by molar-refractivity contribution is 0.0525. The van der Waals surface area contributed by atoms with Gasteiger partial charge in [0.1, 0.15) is 5.75 Å². The van der Waals surface area contributed by atoms with Gasteiger partial charge in [-0.2, -0.15) is 0 Å². The first-order valence-corrected chi connectivity index (χ1v) is 7.15. The molecular weight excluding hydrogens is 282 g/mol. The fraction of sp³-hybridized carbons (Fsp3) is 0.235. The average molecular weight is 297 g/mol. The summed E-state index contributed by atoms with van der Waals surface area (Å²) < 4.78 is 10.6. The minimum atomic E-state index is -0.409. The number of ketones is 1. The van der Waals surface area contributed by atoms with Crippen LogP contribution in [0.15, 0.2) is 36.5 Å². The molecule has 0 fully saturated rings. The van der Waals surface area contributed by atoms with Crippen molar-refractivity contribution < 1.29 is 19.1 Å². The molecular formula is C17H15NO4. The molecule has 1 aliphatic rings. The van der Waals surface area contributed by atoms with E-state index in [1.165, 1.54) is 6.20 Å². The van der Waals surface area contributed by atoms with Crippen molar-refractivity contribution in [1.29, 1.82) is 0 Å². The number of rotatable bonds is 4. The number of hydrogen-bond donors (Lipinski definition) is 0. The normalized spacial score (nSPS) is 12.9. The number of ether oxygens (including phenoxy) is 2. The Labute approximate surface area is 127 Å². The molecule has 5 nitrogen and oxygen atoms in total. The van der Waals surface area contributed by atoms with Crippen molar-refractivity contribution >= 4 is 11.8 Å². The van der Waals surface area contributed by atoms with Crippen LogP contribution in [-0.2, 0) is 11.2 Å². The quantitative estimate of drug-likeness (QED) is 0.811. The zero-order valence-electron chi connectivity index (χ0n) is 12.2. The number of Topliss-reactive ketones (excluding diaryl/α,β-unsaturated/α-hetero) is 1. The van der Waals surface area contributed by atoms with E-state index in [2.05, 4.69) is 4.98 Å². The van der Waals surface area contributed by atoms with E-state index in [9.17, 15) is 9.59 Å². The monoisotopic (exact) mass is 297 g/mol. The van der Waals surface area contributed by atoms with Gasteiger partial charge in [0.2, 0.25) is 5.88 Å². The van der Waals surface area contributed by atoms with Crippen molar-refractivity contribution in [2.75, 3.05) is 6.61 Å².